The van der Waals surface area contributed by atoms with Crippen molar-refractivity contribution in [1.29, 1.82) is 0 Å². The Labute approximate surface area is 192 Å². The van der Waals surface area contributed by atoms with E-state index in [1.165, 1.54) is 6.07 Å². The number of amides is 2. The number of nitrogens with two attached hydrogens (primary N) is 1. The molecule has 0 saturated carbocycles. The zero-order valence-electron chi connectivity index (χ0n) is 18.7. The molecule has 0 bridgehead atoms. The van der Waals surface area contributed by atoms with Crippen LogP contribution in [0.2, 0.25) is 5.02 Å². The van der Waals surface area contributed by atoms with Gasteiger partial charge in [-0.25, -0.2) is 0 Å². The molecule has 1 aromatic carbocycles. The lowest BCUT2D eigenvalue weighted by Gasteiger charge is -2.30. The summed E-state index contributed by atoms with van der Waals surface area (Å²) < 4.78 is 0. The molecule has 2 saturated heterocycles. The lowest BCUT2D eigenvalue weighted by molar-refractivity contribution is -0.119. The van der Waals surface area contributed by atoms with Crippen molar-refractivity contribution in [3.63, 3.8) is 0 Å². The molecule has 2 amide bonds. The highest BCUT2D eigenvalue weighted by Crippen LogP contribution is 2.38. The number of halogens is 1. The van der Waals surface area contributed by atoms with Crippen molar-refractivity contribution in [1.82, 2.24) is 14.8 Å². The van der Waals surface area contributed by atoms with Gasteiger partial charge in [0.25, 0.3) is 5.91 Å². The molecule has 2 aliphatic heterocycles. The first kappa shape index (κ1) is 22.6. The zero-order valence-corrected chi connectivity index (χ0v) is 19.4. The molecule has 1 aromatic heterocycles. The summed E-state index contributed by atoms with van der Waals surface area (Å²) in [5.74, 6) is 0.290. The molecule has 3 atom stereocenters. The maximum absolute atomic E-state index is 13.2. The fraction of sp³-hybridized carbons (Fsp3) is 0.458. The molecule has 170 valence electrons. The fourth-order valence-electron chi connectivity index (χ4n) is 5.25. The number of rotatable bonds is 5. The van der Waals surface area contributed by atoms with Gasteiger partial charge in [0.2, 0.25) is 11.5 Å². The van der Waals surface area contributed by atoms with Gasteiger partial charge in [-0.05, 0) is 55.4 Å². The number of hydrogen-bond acceptors (Lipinski definition) is 4. The molecule has 0 aliphatic carbocycles. The molecule has 0 spiro atoms. The Morgan fingerprint density at radius 3 is 2.31 bits per heavy atom. The molecule has 3 unspecified atom stereocenters. The summed E-state index contributed by atoms with van der Waals surface area (Å²) >= 11 is 6.34. The first-order chi connectivity index (χ1) is 15.1. The van der Waals surface area contributed by atoms with Crippen LogP contribution >= 0.6 is 11.6 Å². The van der Waals surface area contributed by atoms with Gasteiger partial charge >= 0.3 is 0 Å². The number of fused-ring (bicyclic) bond motifs is 1. The Balaban J connectivity index is 1.49. The van der Waals surface area contributed by atoms with E-state index in [0.717, 1.165) is 24.2 Å². The number of likely N-dealkylation sites (tertiary alicyclic amines) is 2. The summed E-state index contributed by atoms with van der Waals surface area (Å²) in [7, 11) is 0. The average molecular weight is 457 g/mol. The third kappa shape index (κ3) is 4.32. The van der Waals surface area contributed by atoms with Gasteiger partial charge in [-0.15, -0.1) is 0 Å². The molecule has 2 aromatic rings. The second-order valence-corrected chi connectivity index (χ2v) is 9.60. The molecular formula is C24H29ClN4O3. The third-order valence-electron chi connectivity index (χ3n) is 6.86. The number of nitrogens with one attached hydrogen (secondary N) is 1. The third-order valence-corrected chi connectivity index (χ3v) is 7.27. The van der Waals surface area contributed by atoms with E-state index in [0.29, 0.717) is 46.8 Å². The van der Waals surface area contributed by atoms with Gasteiger partial charge in [-0.3, -0.25) is 19.3 Å². The van der Waals surface area contributed by atoms with E-state index in [1.807, 2.05) is 30.0 Å². The molecular weight excluding hydrogens is 428 g/mol. The predicted octanol–water partition coefficient (Wildman–Crippen LogP) is 2.57. The lowest BCUT2D eigenvalue weighted by Crippen LogP contribution is -2.36. The van der Waals surface area contributed by atoms with Crippen LogP contribution in [0.25, 0.3) is 0 Å². The van der Waals surface area contributed by atoms with Crippen LogP contribution < -0.4 is 11.3 Å². The molecule has 2 aliphatic rings. The van der Waals surface area contributed by atoms with Gasteiger partial charge in [0.05, 0.1) is 5.56 Å². The van der Waals surface area contributed by atoms with E-state index in [9.17, 15) is 14.4 Å². The summed E-state index contributed by atoms with van der Waals surface area (Å²) in [5.41, 5.74) is 9.26. The predicted molar refractivity (Wildman–Crippen MR) is 124 cm³/mol. The summed E-state index contributed by atoms with van der Waals surface area (Å²) in [6.07, 6.45) is 0.233. The summed E-state index contributed by atoms with van der Waals surface area (Å²) in [5, 5.41) is 0.680. The minimum Gasteiger partial charge on any atom is -0.370 e. The Kier molecular flexibility index (Phi) is 6.14. The molecule has 3 heterocycles. The number of primary amides is 1. The van der Waals surface area contributed by atoms with Gasteiger partial charge in [-0.2, -0.15) is 0 Å². The summed E-state index contributed by atoms with van der Waals surface area (Å²) in [6.45, 7) is 8.43. The van der Waals surface area contributed by atoms with Crippen LogP contribution in [-0.2, 0) is 4.79 Å². The summed E-state index contributed by atoms with van der Waals surface area (Å²) in [6, 6.07) is 7.26. The highest BCUT2D eigenvalue weighted by atomic mass is 35.5. The Morgan fingerprint density at radius 1 is 1.09 bits per heavy atom. The Morgan fingerprint density at radius 2 is 1.75 bits per heavy atom. The van der Waals surface area contributed by atoms with E-state index >= 15 is 0 Å². The van der Waals surface area contributed by atoms with Crippen LogP contribution in [0.15, 0.2) is 29.1 Å². The zero-order chi connectivity index (χ0) is 23.2. The van der Waals surface area contributed by atoms with Crippen LogP contribution in [0.3, 0.4) is 0 Å². The summed E-state index contributed by atoms with van der Waals surface area (Å²) in [4.78, 5) is 43.6. The number of pyridine rings is 1. The highest BCUT2D eigenvalue weighted by molar-refractivity contribution is 6.31. The number of H-pyrrole nitrogens is 1. The van der Waals surface area contributed by atoms with E-state index < -0.39 is 0 Å². The van der Waals surface area contributed by atoms with Gasteiger partial charge < -0.3 is 15.6 Å². The van der Waals surface area contributed by atoms with Gasteiger partial charge in [0, 0.05) is 55.4 Å². The van der Waals surface area contributed by atoms with Gasteiger partial charge in [0.1, 0.15) is 0 Å². The molecule has 8 heteroatoms. The molecule has 32 heavy (non-hydrogen) atoms. The number of carbonyl (C=O) groups excluding carboxylic acids is 2. The first-order valence-corrected chi connectivity index (χ1v) is 11.3. The number of nitrogens with zero attached hydrogens (tertiary/aromatic N) is 2. The monoisotopic (exact) mass is 456 g/mol. The molecule has 0 radical (unpaired) electrons. The normalized spacial score (nSPS) is 21.6. The van der Waals surface area contributed by atoms with Crippen molar-refractivity contribution in [3.8, 4) is 0 Å². The van der Waals surface area contributed by atoms with Crippen molar-refractivity contribution in [2.75, 3.05) is 26.2 Å². The topological polar surface area (TPSA) is 99.5 Å². The number of aromatic amines is 1. The molecule has 2 fully saturated rings. The number of aryl methyl sites for hydroxylation is 3. The van der Waals surface area contributed by atoms with Gasteiger partial charge in [-0.1, -0.05) is 23.7 Å². The van der Waals surface area contributed by atoms with Crippen LogP contribution in [-0.4, -0.2) is 52.8 Å². The number of carbonyl (C=O) groups is 2. The van der Waals surface area contributed by atoms with E-state index in [4.69, 9.17) is 17.3 Å². The van der Waals surface area contributed by atoms with Crippen LogP contribution in [0, 0.1) is 32.6 Å². The Hall–Kier alpha value is -2.64. The minimum absolute atomic E-state index is 0.0313. The number of aromatic nitrogens is 1. The second-order valence-electron chi connectivity index (χ2n) is 9.20. The molecule has 4 rings (SSSR count). The number of hydrogen-bond donors (Lipinski definition) is 2. The van der Waals surface area contributed by atoms with Crippen LogP contribution in [0.1, 0.15) is 45.2 Å². The minimum atomic E-state index is -0.343. The maximum atomic E-state index is 13.2. The van der Waals surface area contributed by atoms with Crippen molar-refractivity contribution >= 4 is 23.4 Å². The van der Waals surface area contributed by atoms with Crippen LogP contribution in [0.4, 0.5) is 0 Å². The highest BCUT2D eigenvalue weighted by Gasteiger charge is 2.44. The molecule has 7 nitrogen and oxygen atoms in total. The van der Waals surface area contributed by atoms with E-state index in [-0.39, 0.29) is 29.8 Å². The van der Waals surface area contributed by atoms with Crippen molar-refractivity contribution in [3.05, 3.63) is 67.6 Å². The number of benzene rings is 1. The molecule has 3 N–H and O–H groups in total. The smallest absolute Gasteiger partial charge is 0.255 e. The maximum Gasteiger partial charge on any atom is 0.255 e. The van der Waals surface area contributed by atoms with Crippen molar-refractivity contribution in [2.45, 2.75) is 33.2 Å². The van der Waals surface area contributed by atoms with Gasteiger partial charge in [0.15, 0.2) is 0 Å². The standard InChI is InChI=1S/C24H29ClN4O3/c1-13-4-5-16(7-19(13)25)20(8-21(26)30)28-9-17-11-29(12-18(17)10-28)24(32)23-14(2)6-22(31)27-15(23)3/h4-7,17-18,20H,8-12H2,1-3H3,(H2,26,30)(H,27,31). The van der Waals surface area contributed by atoms with E-state index in [2.05, 4.69) is 9.88 Å². The fourth-order valence-corrected chi connectivity index (χ4v) is 5.44. The van der Waals surface area contributed by atoms with E-state index in [1.54, 1.807) is 13.8 Å². The SMILES string of the molecule is Cc1ccc(C(CC(N)=O)N2CC3CN(C(=O)c4c(C)cc(=O)[nH]c4C)CC3C2)cc1Cl. The quantitative estimate of drug-likeness (QED) is 0.722. The Bertz CT molecular complexity index is 1090. The van der Waals surface area contributed by atoms with Crippen LogP contribution in [0.5, 0.6) is 0 Å². The van der Waals surface area contributed by atoms with Crippen molar-refractivity contribution in [2.24, 2.45) is 17.6 Å². The van der Waals surface area contributed by atoms with Crippen molar-refractivity contribution < 1.29 is 9.59 Å². The lowest BCUT2D eigenvalue weighted by atomic mass is 10.0. The largest absolute Gasteiger partial charge is 0.370 e. The first-order valence-electron chi connectivity index (χ1n) is 10.9. The second kappa shape index (κ2) is 8.71. The average Bonchev–Trinajstić information content (AvgIpc) is 3.26.